The molecule has 1 N–H and O–H groups in total. The molecule has 0 unspecified atom stereocenters. The first kappa shape index (κ1) is 11.7. The Morgan fingerprint density at radius 1 is 1.41 bits per heavy atom. The average molecular weight is 231 g/mol. The van der Waals surface area contributed by atoms with Crippen LogP contribution in [0.5, 0.6) is 0 Å². The van der Waals surface area contributed by atoms with Crippen LogP contribution in [0.1, 0.15) is 35.9 Å². The van der Waals surface area contributed by atoms with E-state index in [4.69, 9.17) is 4.42 Å². The van der Waals surface area contributed by atoms with Gasteiger partial charge in [-0.15, -0.1) is 0 Å². The first-order chi connectivity index (χ1) is 8.22. The lowest BCUT2D eigenvalue weighted by Gasteiger charge is -2.00. The average Bonchev–Trinajstić information content (AvgIpc) is 2.75. The molecule has 3 heteroatoms. The van der Waals surface area contributed by atoms with E-state index in [9.17, 15) is 4.79 Å². The molecule has 0 saturated heterocycles. The second-order valence-electron chi connectivity index (χ2n) is 4.21. The van der Waals surface area contributed by atoms with Crippen molar-refractivity contribution in [1.29, 1.82) is 0 Å². The van der Waals surface area contributed by atoms with E-state index in [-0.39, 0.29) is 5.91 Å². The molecule has 1 aromatic carbocycles. The van der Waals surface area contributed by atoms with Crippen LogP contribution in [0.3, 0.4) is 0 Å². The van der Waals surface area contributed by atoms with Crippen LogP contribution < -0.4 is 5.32 Å². The van der Waals surface area contributed by atoms with Gasteiger partial charge in [-0.25, -0.2) is 0 Å². The summed E-state index contributed by atoms with van der Waals surface area (Å²) in [5.41, 5.74) is 1.85. The third-order valence-electron chi connectivity index (χ3n) is 2.78. The van der Waals surface area contributed by atoms with E-state index < -0.39 is 0 Å². The van der Waals surface area contributed by atoms with Crippen molar-refractivity contribution in [2.24, 2.45) is 0 Å². The Labute approximate surface area is 101 Å². The van der Waals surface area contributed by atoms with Crippen LogP contribution in [0.2, 0.25) is 0 Å². The standard InChI is InChI=1S/C14H17NO2/c1-3-4-8-15-14(16)12-9-11-7-5-6-10(2)13(11)17-12/h5-7,9H,3-4,8H2,1-2H3,(H,15,16). The molecular formula is C14H17NO2. The van der Waals surface area contributed by atoms with Crippen molar-refractivity contribution < 1.29 is 9.21 Å². The molecule has 0 aliphatic rings. The molecule has 1 aromatic heterocycles. The molecular weight excluding hydrogens is 214 g/mol. The Morgan fingerprint density at radius 2 is 2.24 bits per heavy atom. The predicted octanol–water partition coefficient (Wildman–Crippen LogP) is 3.27. The van der Waals surface area contributed by atoms with Crippen LogP contribution in [0.15, 0.2) is 28.7 Å². The van der Waals surface area contributed by atoms with E-state index in [1.165, 1.54) is 0 Å². The van der Waals surface area contributed by atoms with Gasteiger partial charge < -0.3 is 9.73 Å². The lowest BCUT2D eigenvalue weighted by molar-refractivity contribution is 0.0927. The smallest absolute Gasteiger partial charge is 0.287 e. The molecule has 0 saturated carbocycles. The van der Waals surface area contributed by atoms with Crippen LogP contribution in [-0.2, 0) is 0 Å². The third-order valence-corrected chi connectivity index (χ3v) is 2.78. The summed E-state index contributed by atoms with van der Waals surface area (Å²) in [6.45, 7) is 4.77. The zero-order chi connectivity index (χ0) is 12.3. The molecule has 1 heterocycles. The summed E-state index contributed by atoms with van der Waals surface area (Å²) in [6, 6.07) is 7.69. The quantitative estimate of drug-likeness (QED) is 0.820. The number of fused-ring (bicyclic) bond motifs is 1. The zero-order valence-corrected chi connectivity index (χ0v) is 10.2. The fourth-order valence-electron chi connectivity index (χ4n) is 1.79. The summed E-state index contributed by atoms with van der Waals surface area (Å²) in [7, 11) is 0. The van der Waals surface area contributed by atoms with Crippen molar-refractivity contribution in [3.05, 3.63) is 35.6 Å². The molecule has 0 aliphatic carbocycles. The molecule has 2 aromatic rings. The Morgan fingerprint density at radius 3 is 2.94 bits per heavy atom. The number of rotatable bonds is 4. The minimum Gasteiger partial charge on any atom is -0.451 e. The molecule has 0 bridgehead atoms. The van der Waals surface area contributed by atoms with Gasteiger partial charge >= 0.3 is 0 Å². The Hall–Kier alpha value is -1.77. The number of aryl methyl sites for hydroxylation is 1. The van der Waals surface area contributed by atoms with Gasteiger partial charge in [-0.1, -0.05) is 31.5 Å². The van der Waals surface area contributed by atoms with E-state index in [2.05, 4.69) is 12.2 Å². The van der Waals surface area contributed by atoms with Gasteiger partial charge in [0.25, 0.3) is 5.91 Å². The maximum absolute atomic E-state index is 11.8. The maximum Gasteiger partial charge on any atom is 0.287 e. The second kappa shape index (κ2) is 5.04. The lowest BCUT2D eigenvalue weighted by Crippen LogP contribution is -2.23. The summed E-state index contributed by atoms with van der Waals surface area (Å²) in [5.74, 6) is 0.263. The van der Waals surface area contributed by atoms with Crippen LogP contribution >= 0.6 is 0 Å². The number of benzene rings is 1. The van der Waals surface area contributed by atoms with E-state index in [1.807, 2.05) is 25.1 Å². The van der Waals surface area contributed by atoms with Crippen molar-refractivity contribution in [3.8, 4) is 0 Å². The molecule has 90 valence electrons. The Bertz CT molecular complexity index is 528. The number of unbranched alkanes of at least 4 members (excludes halogenated alkanes) is 1. The highest BCUT2D eigenvalue weighted by atomic mass is 16.3. The summed E-state index contributed by atoms with van der Waals surface area (Å²) in [6.07, 6.45) is 2.06. The largest absolute Gasteiger partial charge is 0.451 e. The van der Waals surface area contributed by atoms with E-state index in [0.717, 1.165) is 29.4 Å². The highest BCUT2D eigenvalue weighted by molar-refractivity contribution is 5.96. The molecule has 1 amide bonds. The van der Waals surface area contributed by atoms with Gasteiger partial charge in [-0.3, -0.25) is 4.79 Å². The van der Waals surface area contributed by atoms with Crippen molar-refractivity contribution in [1.82, 2.24) is 5.32 Å². The van der Waals surface area contributed by atoms with Crippen molar-refractivity contribution in [2.75, 3.05) is 6.54 Å². The fraction of sp³-hybridized carbons (Fsp3) is 0.357. The van der Waals surface area contributed by atoms with Gasteiger partial charge in [0, 0.05) is 11.9 Å². The van der Waals surface area contributed by atoms with Gasteiger partial charge in [-0.2, -0.15) is 0 Å². The van der Waals surface area contributed by atoms with Crippen LogP contribution in [0, 0.1) is 6.92 Å². The zero-order valence-electron chi connectivity index (χ0n) is 10.2. The van der Waals surface area contributed by atoms with Gasteiger partial charge in [0.1, 0.15) is 5.58 Å². The minimum absolute atomic E-state index is 0.131. The first-order valence-corrected chi connectivity index (χ1v) is 5.99. The minimum atomic E-state index is -0.131. The summed E-state index contributed by atoms with van der Waals surface area (Å²) in [4.78, 5) is 11.8. The normalized spacial score (nSPS) is 10.7. The Kier molecular flexibility index (Phi) is 3.47. The van der Waals surface area contributed by atoms with Crippen molar-refractivity contribution in [2.45, 2.75) is 26.7 Å². The summed E-state index contributed by atoms with van der Waals surface area (Å²) >= 11 is 0. The van der Waals surface area contributed by atoms with Crippen molar-refractivity contribution >= 4 is 16.9 Å². The monoisotopic (exact) mass is 231 g/mol. The molecule has 0 fully saturated rings. The van der Waals surface area contributed by atoms with E-state index in [0.29, 0.717) is 12.3 Å². The molecule has 0 spiro atoms. The highest BCUT2D eigenvalue weighted by Crippen LogP contribution is 2.22. The number of nitrogens with one attached hydrogen (secondary N) is 1. The SMILES string of the molecule is CCCCNC(=O)c1cc2cccc(C)c2o1. The molecule has 0 atom stereocenters. The number of amides is 1. The van der Waals surface area contributed by atoms with E-state index in [1.54, 1.807) is 6.07 Å². The number of para-hydroxylation sites is 1. The number of hydrogen-bond acceptors (Lipinski definition) is 2. The number of hydrogen-bond donors (Lipinski definition) is 1. The van der Waals surface area contributed by atoms with Crippen LogP contribution in [0.4, 0.5) is 0 Å². The number of carbonyl (C=O) groups excluding carboxylic acids is 1. The van der Waals surface area contributed by atoms with Gasteiger partial charge in [-0.05, 0) is 25.0 Å². The summed E-state index contributed by atoms with van der Waals surface area (Å²) < 4.78 is 5.58. The van der Waals surface area contributed by atoms with Gasteiger partial charge in [0.05, 0.1) is 0 Å². The Balaban J connectivity index is 2.19. The number of furan rings is 1. The van der Waals surface area contributed by atoms with Crippen LogP contribution in [0.25, 0.3) is 11.0 Å². The molecule has 0 radical (unpaired) electrons. The predicted molar refractivity (Wildman–Crippen MR) is 68.2 cm³/mol. The molecule has 17 heavy (non-hydrogen) atoms. The molecule has 2 rings (SSSR count). The molecule has 3 nitrogen and oxygen atoms in total. The lowest BCUT2D eigenvalue weighted by atomic mass is 10.2. The third kappa shape index (κ3) is 2.49. The topological polar surface area (TPSA) is 42.2 Å². The second-order valence-corrected chi connectivity index (χ2v) is 4.21. The van der Waals surface area contributed by atoms with Crippen LogP contribution in [-0.4, -0.2) is 12.5 Å². The van der Waals surface area contributed by atoms with Crippen molar-refractivity contribution in [3.63, 3.8) is 0 Å². The maximum atomic E-state index is 11.8. The molecule has 0 aliphatic heterocycles. The van der Waals surface area contributed by atoms with Gasteiger partial charge in [0.2, 0.25) is 0 Å². The summed E-state index contributed by atoms with van der Waals surface area (Å²) in [5, 5.41) is 3.83. The fourth-order valence-corrected chi connectivity index (χ4v) is 1.79. The first-order valence-electron chi connectivity index (χ1n) is 5.99. The van der Waals surface area contributed by atoms with Gasteiger partial charge in [0.15, 0.2) is 5.76 Å². The number of carbonyl (C=O) groups is 1. The van der Waals surface area contributed by atoms with E-state index >= 15 is 0 Å². The highest BCUT2D eigenvalue weighted by Gasteiger charge is 2.12.